The fourth-order valence-electron chi connectivity index (χ4n) is 3.68. The van der Waals surface area contributed by atoms with E-state index in [1.54, 1.807) is 17.0 Å². The van der Waals surface area contributed by atoms with Gasteiger partial charge in [-0.1, -0.05) is 61.0 Å². The van der Waals surface area contributed by atoms with Gasteiger partial charge in [0, 0.05) is 44.2 Å². The Morgan fingerprint density at radius 1 is 1.10 bits per heavy atom. The first kappa shape index (κ1) is 23.3. The first-order valence-electron chi connectivity index (χ1n) is 10.7. The predicted octanol–water partition coefficient (Wildman–Crippen LogP) is 3.27. The van der Waals surface area contributed by atoms with Gasteiger partial charge in [-0.2, -0.15) is 0 Å². The molecule has 0 aliphatic carbocycles. The fourth-order valence-corrected chi connectivity index (χ4v) is 3.81. The van der Waals surface area contributed by atoms with Gasteiger partial charge < -0.3 is 15.0 Å². The van der Waals surface area contributed by atoms with Crippen LogP contribution in [-0.2, 0) is 20.9 Å². The zero-order valence-corrected chi connectivity index (χ0v) is 18.7. The first-order valence-corrected chi connectivity index (χ1v) is 11.1. The molecule has 0 spiro atoms. The topological polar surface area (TPSA) is 61.9 Å². The quantitative estimate of drug-likeness (QED) is 0.646. The Balaban J connectivity index is 1.78. The highest BCUT2D eigenvalue weighted by Gasteiger charge is 2.30. The van der Waals surface area contributed by atoms with Gasteiger partial charge in [-0.05, 0) is 23.3 Å². The molecule has 2 amide bonds. The number of carbonyl (C=O) groups is 2. The highest BCUT2D eigenvalue weighted by molar-refractivity contribution is 6.30. The van der Waals surface area contributed by atoms with Crippen LogP contribution in [0.5, 0.6) is 0 Å². The van der Waals surface area contributed by atoms with Crippen LogP contribution in [-0.4, -0.2) is 61.0 Å². The van der Waals surface area contributed by atoms with Crippen molar-refractivity contribution in [2.24, 2.45) is 0 Å². The summed E-state index contributed by atoms with van der Waals surface area (Å²) in [6, 6.07) is 16.1. The molecule has 3 rings (SSSR count). The maximum Gasteiger partial charge on any atom is 0.247 e. The third-order valence-corrected chi connectivity index (χ3v) is 5.65. The summed E-state index contributed by atoms with van der Waals surface area (Å²) >= 11 is 6.01. The average Bonchev–Trinajstić information content (AvgIpc) is 2.81. The standard InChI is InChI=1S/C24H30ClN3O3/c1-2-22(29)28(18-19-8-10-21(25)11-9-19)23(20-6-4-3-5-7-20)24(30)26-12-13-27-14-16-31-17-15-27/h3-11,23H,2,12-18H2,1H3,(H,26,30)/t23-/m0/s1. The Hall–Kier alpha value is -2.41. The highest BCUT2D eigenvalue weighted by Crippen LogP contribution is 2.25. The number of rotatable bonds is 9. The lowest BCUT2D eigenvalue weighted by Gasteiger charge is -2.32. The summed E-state index contributed by atoms with van der Waals surface area (Å²) in [5, 5.41) is 3.68. The van der Waals surface area contributed by atoms with Gasteiger partial charge in [0.15, 0.2) is 0 Å². The van der Waals surface area contributed by atoms with Crippen LogP contribution in [0.1, 0.15) is 30.5 Å². The lowest BCUT2D eigenvalue weighted by molar-refractivity contribution is -0.141. The van der Waals surface area contributed by atoms with Crippen LogP contribution < -0.4 is 5.32 Å². The predicted molar refractivity (Wildman–Crippen MR) is 122 cm³/mol. The average molecular weight is 444 g/mol. The smallest absolute Gasteiger partial charge is 0.247 e. The SMILES string of the molecule is CCC(=O)N(Cc1ccc(Cl)cc1)[C@H](C(=O)NCCN1CCOCC1)c1ccccc1. The highest BCUT2D eigenvalue weighted by atomic mass is 35.5. The van der Waals surface area contributed by atoms with Crippen molar-refractivity contribution in [1.82, 2.24) is 15.1 Å². The van der Waals surface area contributed by atoms with Gasteiger partial charge >= 0.3 is 0 Å². The Labute approximate surface area is 189 Å². The largest absolute Gasteiger partial charge is 0.379 e. The molecule has 2 aromatic rings. The number of nitrogens with one attached hydrogen (secondary N) is 1. The van der Waals surface area contributed by atoms with Crippen LogP contribution in [0.2, 0.25) is 5.02 Å². The van der Waals surface area contributed by atoms with E-state index >= 15 is 0 Å². The molecule has 1 atom stereocenters. The van der Waals surface area contributed by atoms with Crippen molar-refractivity contribution in [1.29, 1.82) is 0 Å². The Morgan fingerprint density at radius 3 is 2.42 bits per heavy atom. The molecule has 2 aromatic carbocycles. The molecule has 1 fully saturated rings. The Bertz CT molecular complexity index is 839. The minimum atomic E-state index is -0.700. The summed E-state index contributed by atoms with van der Waals surface area (Å²) in [6.07, 6.45) is 0.317. The Morgan fingerprint density at radius 2 is 1.77 bits per heavy atom. The third kappa shape index (κ3) is 6.79. The number of nitrogens with zero attached hydrogens (tertiary/aromatic N) is 2. The van der Waals surface area contributed by atoms with E-state index in [0.29, 0.717) is 24.5 Å². The monoisotopic (exact) mass is 443 g/mol. The van der Waals surface area contributed by atoms with Gasteiger partial charge in [0.2, 0.25) is 11.8 Å². The van der Waals surface area contributed by atoms with Crippen molar-refractivity contribution < 1.29 is 14.3 Å². The number of benzene rings is 2. The Kier molecular flexibility index (Phi) is 8.88. The van der Waals surface area contributed by atoms with Crippen molar-refractivity contribution in [2.45, 2.75) is 25.9 Å². The van der Waals surface area contributed by atoms with E-state index in [9.17, 15) is 9.59 Å². The molecule has 0 aromatic heterocycles. The molecule has 1 aliphatic rings. The van der Waals surface area contributed by atoms with Crippen LogP contribution in [0.4, 0.5) is 0 Å². The number of ether oxygens (including phenoxy) is 1. The number of amides is 2. The molecule has 7 heteroatoms. The molecule has 166 valence electrons. The van der Waals surface area contributed by atoms with Gasteiger partial charge in [-0.3, -0.25) is 14.5 Å². The lowest BCUT2D eigenvalue weighted by atomic mass is 10.0. The minimum absolute atomic E-state index is 0.0767. The zero-order chi connectivity index (χ0) is 22.1. The van der Waals surface area contributed by atoms with Gasteiger partial charge in [0.25, 0.3) is 0 Å². The summed E-state index contributed by atoms with van der Waals surface area (Å²) in [4.78, 5) is 30.2. The second kappa shape index (κ2) is 11.8. The van der Waals surface area contributed by atoms with Crippen molar-refractivity contribution in [2.75, 3.05) is 39.4 Å². The normalized spacial score (nSPS) is 15.3. The van der Waals surface area contributed by atoms with Crippen LogP contribution in [0, 0.1) is 0 Å². The van der Waals surface area contributed by atoms with E-state index in [-0.39, 0.29) is 11.8 Å². The van der Waals surface area contributed by atoms with E-state index in [1.807, 2.05) is 49.4 Å². The number of hydrogen-bond donors (Lipinski definition) is 1. The molecule has 1 heterocycles. The second-order valence-corrected chi connectivity index (χ2v) is 8.00. The molecule has 1 saturated heterocycles. The van der Waals surface area contributed by atoms with Gasteiger partial charge in [0.05, 0.1) is 13.2 Å². The minimum Gasteiger partial charge on any atom is -0.379 e. The molecular formula is C24H30ClN3O3. The van der Waals surface area contributed by atoms with E-state index in [4.69, 9.17) is 16.3 Å². The van der Waals surface area contributed by atoms with Crippen LogP contribution >= 0.6 is 11.6 Å². The van der Waals surface area contributed by atoms with Crippen molar-refractivity contribution >= 4 is 23.4 Å². The number of halogens is 1. The summed E-state index contributed by atoms with van der Waals surface area (Å²) in [5.41, 5.74) is 1.72. The molecular weight excluding hydrogens is 414 g/mol. The fraction of sp³-hybridized carbons (Fsp3) is 0.417. The van der Waals surface area contributed by atoms with Crippen molar-refractivity contribution in [3.8, 4) is 0 Å². The molecule has 0 saturated carbocycles. The third-order valence-electron chi connectivity index (χ3n) is 5.40. The lowest BCUT2D eigenvalue weighted by Crippen LogP contribution is -2.46. The van der Waals surface area contributed by atoms with Crippen LogP contribution in [0.3, 0.4) is 0 Å². The molecule has 6 nitrogen and oxygen atoms in total. The molecule has 0 radical (unpaired) electrons. The van der Waals surface area contributed by atoms with Gasteiger partial charge in [0.1, 0.15) is 6.04 Å². The maximum absolute atomic E-state index is 13.3. The summed E-state index contributed by atoms with van der Waals surface area (Å²) in [5.74, 6) is -0.248. The second-order valence-electron chi connectivity index (χ2n) is 7.56. The number of morpholine rings is 1. The van der Waals surface area contributed by atoms with E-state index in [2.05, 4.69) is 10.2 Å². The summed E-state index contributed by atoms with van der Waals surface area (Å²) in [6.45, 7) is 6.62. The molecule has 0 bridgehead atoms. The molecule has 31 heavy (non-hydrogen) atoms. The van der Waals surface area contributed by atoms with Crippen molar-refractivity contribution in [3.05, 3.63) is 70.7 Å². The van der Waals surface area contributed by atoms with E-state index in [1.165, 1.54) is 0 Å². The number of hydrogen-bond acceptors (Lipinski definition) is 4. The van der Waals surface area contributed by atoms with Gasteiger partial charge in [-0.15, -0.1) is 0 Å². The van der Waals surface area contributed by atoms with E-state index in [0.717, 1.165) is 44.0 Å². The van der Waals surface area contributed by atoms with Gasteiger partial charge in [-0.25, -0.2) is 0 Å². The van der Waals surface area contributed by atoms with Crippen LogP contribution in [0.15, 0.2) is 54.6 Å². The number of carbonyl (C=O) groups excluding carboxylic acids is 2. The molecule has 1 N–H and O–H groups in total. The summed E-state index contributed by atoms with van der Waals surface area (Å²) < 4.78 is 5.38. The van der Waals surface area contributed by atoms with Crippen LogP contribution in [0.25, 0.3) is 0 Å². The molecule has 0 unspecified atom stereocenters. The summed E-state index contributed by atoms with van der Waals surface area (Å²) in [7, 11) is 0. The maximum atomic E-state index is 13.3. The molecule has 1 aliphatic heterocycles. The van der Waals surface area contributed by atoms with Crippen molar-refractivity contribution in [3.63, 3.8) is 0 Å². The first-order chi connectivity index (χ1) is 15.1. The zero-order valence-electron chi connectivity index (χ0n) is 17.9. The van der Waals surface area contributed by atoms with E-state index < -0.39 is 6.04 Å².